The average molecular weight is 638 g/mol. The van der Waals surface area contributed by atoms with Gasteiger partial charge in [0, 0.05) is 12.8 Å². The van der Waals surface area contributed by atoms with Gasteiger partial charge in [-0.25, -0.2) is 0 Å². The predicted octanol–water partition coefficient (Wildman–Crippen LogP) is 12.2. The molecular formula is C40H79NO4. The second-order valence-corrected chi connectivity index (χ2v) is 13.7. The third-order valence-electron chi connectivity index (χ3n) is 9.08. The van der Waals surface area contributed by atoms with Crippen LogP contribution in [-0.2, 0) is 19.1 Å². The van der Waals surface area contributed by atoms with Crippen molar-refractivity contribution in [1.29, 1.82) is 0 Å². The van der Waals surface area contributed by atoms with Gasteiger partial charge >= 0.3 is 11.9 Å². The van der Waals surface area contributed by atoms with Crippen LogP contribution >= 0.6 is 0 Å². The SMILES string of the molecule is CCCCCC(CCCC)OC(=O)CCCCCCCCCNCCCCCCCCCC(=O)OC(CCCC)CCCCC. The smallest absolute Gasteiger partial charge is 0.306 e. The number of nitrogens with one attached hydrogen (secondary N) is 1. The molecule has 0 bridgehead atoms. The summed E-state index contributed by atoms with van der Waals surface area (Å²) in [6.45, 7) is 11.1. The molecule has 268 valence electrons. The highest BCUT2D eigenvalue weighted by Gasteiger charge is 2.15. The molecule has 0 aliphatic carbocycles. The highest BCUT2D eigenvalue weighted by atomic mass is 16.5. The van der Waals surface area contributed by atoms with E-state index < -0.39 is 0 Å². The molecule has 0 radical (unpaired) electrons. The molecule has 2 unspecified atom stereocenters. The Labute approximate surface area is 281 Å². The van der Waals surface area contributed by atoms with E-state index in [0.717, 1.165) is 77.3 Å². The molecule has 0 aliphatic heterocycles. The van der Waals surface area contributed by atoms with Crippen molar-refractivity contribution in [3.05, 3.63) is 0 Å². The van der Waals surface area contributed by atoms with E-state index in [9.17, 15) is 9.59 Å². The van der Waals surface area contributed by atoms with Gasteiger partial charge in [-0.2, -0.15) is 0 Å². The van der Waals surface area contributed by atoms with Gasteiger partial charge in [-0.1, -0.05) is 143 Å². The van der Waals surface area contributed by atoms with Crippen LogP contribution in [0.5, 0.6) is 0 Å². The Hall–Kier alpha value is -1.10. The van der Waals surface area contributed by atoms with Crippen LogP contribution < -0.4 is 5.32 Å². The molecule has 0 aromatic carbocycles. The third-order valence-corrected chi connectivity index (χ3v) is 9.08. The molecular weight excluding hydrogens is 558 g/mol. The minimum atomic E-state index is 0.0247. The van der Waals surface area contributed by atoms with Crippen LogP contribution in [0, 0.1) is 0 Å². The monoisotopic (exact) mass is 638 g/mol. The molecule has 0 aliphatic rings. The Balaban J connectivity index is 3.50. The van der Waals surface area contributed by atoms with Crippen LogP contribution in [0.4, 0.5) is 0 Å². The summed E-state index contributed by atoms with van der Waals surface area (Å²) in [5, 5.41) is 3.62. The number of rotatable bonds is 36. The zero-order chi connectivity index (χ0) is 33.1. The van der Waals surface area contributed by atoms with E-state index in [-0.39, 0.29) is 24.1 Å². The van der Waals surface area contributed by atoms with Gasteiger partial charge in [0.15, 0.2) is 0 Å². The van der Waals surface area contributed by atoms with Gasteiger partial charge in [-0.3, -0.25) is 9.59 Å². The molecule has 2 atom stereocenters. The first-order valence-corrected chi connectivity index (χ1v) is 20.2. The van der Waals surface area contributed by atoms with Gasteiger partial charge in [0.25, 0.3) is 0 Å². The topological polar surface area (TPSA) is 64.6 Å². The quantitative estimate of drug-likeness (QED) is 0.0547. The molecule has 0 saturated heterocycles. The minimum Gasteiger partial charge on any atom is -0.462 e. The van der Waals surface area contributed by atoms with Crippen molar-refractivity contribution >= 4 is 11.9 Å². The fraction of sp³-hybridized carbons (Fsp3) is 0.950. The van der Waals surface area contributed by atoms with Crippen LogP contribution in [0.25, 0.3) is 0 Å². The molecule has 0 amide bonds. The van der Waals surface area contributed by atoms with E-state index in [0.29, 0.717) is 12.8 Å². The number of carbonyl (C=O) groups is 2. The Morgan fingerprint density at radius 1 is 0.400 bits per heavy atom. The molecule has 0 saturated carbocycles. The Kier molecular flexibility index (Phi) is 34.9. The Morgan fingerprint density at radius 2 is 0.711 bits per heavy atom. The lowest BCUT2D eigenvalue weighted by Gasteiger charge is -2.17. The van der Waals surface area contributed by atoms with Gasteiger partial charge in [0.05, 0.1) is 0 Å². The van der Waals surface area contributed by atoms with Crippen LogP contribution in [-0.4, -0.2) is 37.2 Å². The second-order valence-electron chi connectivity index (χ2n) is 13.7. The predicted molar refractivity (Wildman–Crippen MR) is 194 cm³/mol. The number of esters is 2. The van der Waals surface area contributed by atoms with E-state index in [1.165, 1.54) is 116 Å². The normalized spacial score (nSPS) is 12.7. The number of hydrogen-bond donors (Lipinski definition) is 1. The summed E-state index contributed by atoms with van der Waals surface area (Å²) < 4.78 is 11.6. The minimum absolute atomic E-state index is 0.0247. The van der Waals surface area contributed by atoms with E-state index >= 15 is 0 Å². The third kappa shape index (κ3) is 32.6. The molecule has 0 heterocycles. The van der Waals surface area contributed by atoms with Gasteiger partial charge in [0.2, 0.25) is 0 Å². The fourth-order valence-corrected chi connectivity index (χ4v) is 6.05. The Morgan fingerprint density at radius 3 is 1.07 bits per heavy atom. The van der Waals surface area contributed by atoms with E-state index in [1.807, 2.05) is 0 Å². The first-order chi connectivity index (χ1) is 22.1. The van der Waals surface area contributed by atoms with Gasteiger partial charge in [-0.05, 0) is 77.3 Å². The van der Waals surface area contributed by atoms with Crippen molar-refractivity contribution in [2.24, 2.45) is 0 Å². The summed E-state index contributed by atoms with van der Waals surface area (Å²) in [6, 6.07) is 0. The maximum absolute atomic E-state index is 12.3. The average Bonchev–Trinajstić information content (AvgIpc) is 3.03. The fourth-order valence-electron chi connectivity index (χ4n) is 6.05. The second kappa shape index (κ2) is 35.7. The molecule has 45 heavy (non-hydrogen) atoms. The molecule has 0 aromatic rings. The molecule has 1 N–H and O–H groups in total. The highest BCUT2D eigenvalue weighted by molar-refractivity contribution is 5.69. The van der Waals surface area contributed by atoms with Crippen molar-refractivity contribution in [3.8, 4) is 0 Å². The summed E-state index contributed by atoms with van der Waals surface area (Å²) in [5.41, 5.74) is 0. The number of unbranched alkanes of at least 4 members (excludes halogenated alkanes) is 18. The summed E-state index contributed by atoms with van der Waals surface area (Å²) in [5.74, 6) is 0.0494. The lowest BCUT2D eigenvalue weighted by molar-refractivity contribution is -0.151. The highest BCUT2D eigenvalue weighted by Crippen LogP contribution is 2.17. The molecule has 0 aromatic heterocycles. The maximum Gasteiger partial charge on any atom is 0.306 e. The Bertz CT molecular complexity index is 573. The molecule has 0 spiro atoms. The van der Waals surface area contributed by atoms with Crippen molar-refractivity contribution in [3.63, 3.8) is 0 Å². The molecule has 0 rings (SSSR count). The standard InChI is InChI=1S/C40H79NO4/c1-5-9-23-31-37(29-11-7-3)44-39(42)33-25-19-15-13-17-21-27-35-41-36-28-22-18-14-16-20-26-34-40(43)45-38(30-12-8-4)32-24-10-6-2/h37-38,41H,5-36H2,1-4H3. The number of hydrogen-bond acceptors (Lipinski definition) is 5. The van der Waals surface area contributed by atoms with E-state index in [4.69, 9.17) is 9.47 Å². The van der Waals surface area contributed by atoms with Crippen LogP contribution in [0.1, 0.15) is 220 Å². The first-order valence-electron chi connectivity index (χ1n) is 20.2. The zero-order valence-corrected chi connectivity index (χ0v) is 30.9. The van der Waals surface area contributed by atoms with Gasteiger partial charge in [0.1, 0.15) is 12.2 Å². The zero-order valence-electron chi connectivity index (χ0n) is 30.9. The lowest BCUT2D eigenvalue weighted by atomic mass is 10.0. The molecule has 0 fully saturated rings. The van der Waals surface area contributed by atoms with Crippen LogP contribution in [0.15, 0.2) is 0 Å². The van der Waals surface area contributed by atoms with Crippen molar-refractivity contribution in [1.82, 2.24) is 5.32 Å². The van der Waals surface area contributed by atoms with Gasteiger partial charge < -0.3 is 14.8 Å². The van der Waals surface area contributed by atoms with Crippen LogP contribution in [0.2, 0.25) is 0 Å². The van der Waals surface area contributed by atoms with E-state index in [1.54, 1.807) is 0 Å². The van der Waals surface area contributed by atoms with Gasteiger partial charge in [-0.15, -0.1) is 0 Å². The summed E-state index contributed by atoms with van der Waals surface area (Å²) in [7, 11) is 0. The summed E-state index contributed by atoms with van der Waals surface area (Å²) >= 11 is 0. The number of ether oxygens (including phenoxy) is 2. The van der Waals surface area contributed by atoms with Crippen molar-refractivity contribution < 1.29 is 19.1 Å². The largest absolute Gasteiger partial charge is 0.462 e. The summed E-state index contributed by atoms with van der Waals surface area (Å²) in [4.78, 5) is 24.6. The van der Waals surface area contributed by atoms with Crippen LogP contribution in [0.3, 0.4) is 0 Å². The van der Waals surface area contributed by atoms with Crippen molar-refractivity contribution in [2.45, 2.75) is 233 Å². The first kappa shape index (κ1) is 43.9. The molecule has 5 nitrogen and oxygen atoms in total. The van der Waals surface area contributed by atoms with Crippen molar-refractivity contribution in [2.75, 3.05) is 13.1 Å². The number of carbonyl (C=O) groups excluding carboxylic acids is 2. The molecule has 5 heteroatoms. The van der Waals surface area contributed by atoms with E-state index in [2.05, 4.69) is 33.0 Å². The maximum atomic E-state index is 12.3. The summed E-state index contributed by atoms with van der Waals surface area (Å²) in [6.07, 6.45) is 34.5. The lowest BCUT2D eigenvalue weighted by Crippen LogP contribution is -2.18.